The van der Waals surface area contributed by atoms with E-state index in [1.807, 2.05) is 36.4 Å². The van der Waals surface area contributed by atoms with Crippen molar-refractivity contribution < 1.29 is 0 Å². The van der Waals surface area contributed by atoms with E-state index in [1.165, 1.54) is 5.92 Å². The lowest BCUT2D eigenvalue weighted by Crippen LogP contribution is -2.02. The van der Waals surface area contributed by atoms with E-state index in [9.17, 15) is 0 Å². The topological polar surface area (TPSA) is 0 Å². The van der Waals surface area contributed by atoms with Crippen molar-refractivity contribution in [2.75, 3.05) is 0 Å². The van der Waals surface area contributed by atoms with Gasteiger partial charge in [0.1, 0.15) is 0 Å². The van der Waals surface area contributed by atoms with Gasteiger partial charge in [0.05, 0.1) is 0 Å². The monoisotopic (exact) mass is 277 g/mol. The van der Waals surface area contributed by atoms with Gasteiger partial charge in [-0.05, 0) is 35.7 Å². The van der Waals surface area contributed by atoms with Gasteiger partial charge >= 0.3 is 0 Å². The molecule has 0 bridgehead atoms. The molecule has 0 amide bonds. The number of halogens is 2. The highest BCUT2D eigenvalue weighted by Crippen LogP contribution is 2.33. The maximum Gasteiger partial charge on any atom is 0.0447 e. The summed E-state index contributed by atoms with van der Waals surface area (Å²) in [7, 11) is 0. The summed E-state index contributed by atoms with van der Waals surface area (Å²) in [5.74, 6) is 1.26. The van der Waals surface area contributed by atoms with Crippen LogP contribution in [0, 0.1) is 5.92 Å². The van der Waals surface area contributed by atoms with E-state index in [0.29, 0.717) is 0 Å². The largest absolute Gasteiger partial charge is 0.0843 e. The Labute approximate surface area is 119 Å². The molecule has 0 atom stereocenters. The summed E-state index contributed by atoms with van der Waals surface area (Å²) in [6.45, 7) is 2.17. The van der Waals surface area contributed by atoms with Crippen molar-refractivity contribution in [1.29, 1.82) is 0 Å². The lowest BCUT2D eigenvalue weighted by molar-refractivity contribution is 0.848. The molecule has 0 nitrogen and oxygen atoms in total. The van der Waals surface area contributed by atoms with Crippen molar-refractivity contribution in [3.8, 4) is 0 Å². The molecule has 0 heterocycles. The molecule has 2 aromatic rings. The van der Waals surface area contributed by atoms with E-state index in [-0.39, 0.29) is 0 Å². The summed E-state index contributed by atoms with van der Waals surface area (Å²) in [6.07, 6.45) is 2.07. The Hall–Kier alpha value is -0.980. The highest BCUT2D eigenvalue weighted by Gasteiger charge is 2.16. The maximum absolute atomic E-state index is 6.29. The van der Waals surface area contributed by atoms with Crippen molar-refractivity contribution in [2.24, 2.45) is 0 Å². The van der Waals surface area contributed by atoms with Crippen molar-refractivity contribution in [1.82, 2.24) is 0 Å². The molecule has 0 N–H and O–H groups in total. The van der Waals surface area contributed by atoms with Crippen LogP contribution < -0.4 is 0 Å². The molecule has 0 aliphatic heterocycles. The molecular weight excluding hydrogens is 263 g/mol. The minimum absolute atomic E-state index is 0.758. The van der Waals surface area contributed by atoms with Gasteiger partial charge in [-0.15, -0.1) is 0 Å². The third-order valence-corrected chi connectivity index (χ3v) is 3.44. The Bertz CT molecular complexity index is 520. The van der Waals surface area contributed by atoms with Crippen molar-refractivity contribution >= 4 is 23.2 Å². The van der Waals surface area contributed by atoms with E-state index in [2.05, 4.69) is 19.1 Å². The van der Waals surface area contributed by atoms with Crippen molar-refractivity contribution in [3.05, 3.63) is 75.6 Å². The first-order chi connectivity index (χ1) is 8.72. The van der Waals surface area contributed by atoms with Crippen LogP contribution in [0.5, 0.6) is 0 Å². The third kappa shape index (κ3) is 3.07. The summed E-state index contributed by atoms with van der Waals surface area (Å²) in [4.78, 5) is 0. The quantitative estimate of drug-likeness (QED) is 0.666. The first-order valence-electron chi connectivity index (χ1n) is 6.09. The number of hydrogen-bond donors (Lipinski definition) is 0. The maximum atomic E-state index is 6.29. The highest BCUT2D eigenvalue weighted by molar-refractivity contribution is 6.31. The molecule has 0 aromatic heterocycles. The number of benzene rings is 2. The summed E-state index contributed by atoms with van der Waals surface area (Å²) >= 11 is 12.4. The number of hydrogen-bond acceptors (Lipinski definition) is 0. The molecule has 2 aromatic carbocycles. The van der Waals surface area contributed by atoms with Crippen molar-refractivity contribution in [2.45, 2.75) is 19.8 Å². The fourth-order valence-corrected chi connectivity index (χ4v) is 2.51. The predicted octanol–water partition coefficient (Wildman–Crippen LogP) is 5.76. The molecular formula is C16H15Cl2. The molecule has 0 saturated carbocycles. The molecule has 0 saturated heterocycles. The molecule has 0 aliphatic rings. The van der Waals surface area contributed by atoms with Crippen LogP contribution in [0.1, 0.15) is 30.9 Å². The molecule has 18 heavy (non-hydrogen) atoms. The lowest BCUT2D eigenvalue weighted by Gasteiger charge is -2.18. The fraction of sp³-hybridized carbons (Fsp3) is 0.188. The van der Waals surface area contributed by atoms with Gasteiger partial charge in [-0.3, -0.25) is 0 Å². The van der Waals surface area contributed by atoms with Gasteiger partial charge in [0.2, 0.25) is 0 Å². The van der Waals surface area contributed by atoms with Crippen LogP contribution in [0.3, 0.4) is 0 Å². The van der Waals surface area contributed by atoms with Crippen LogP contribution in [0.2, 0.25) is 10.0 Å². The van der Waals surface area contributed by atoms with Gasteiger partial charge in [0.15, 0.2) is 0 Å². The zero-order valence-electron chi connectivity index (χ0n) is 10.3. The van der Waals surface area contributed by atoms with E-state index >= 15 is 0 Å². The first kappa shape index (κ1) is 13.5. The minimum atomic E-state index is 0.758. The zero-order valence-corrected chi connectivity index (χ0v) is 11.8. The Balaban J connectivity index is 2.43. The van der Waals surface area contributed by atoms with Crippen LogP contribution in [0.15, 0.2) is 48.5 Å². The Kier molecular flexibility index (Phi) is 4.68. The van der Waals surface area contributed by atoms with Gasteiger partial charge in [-0.2, -0.15) is 0 Å². The van der Waals surface area contributed by atoms with Crippen LogP contribution in [-0.4, -0.2) is 0 Å². The van der Waals surface area contributed by atoms with Crippen LogP contribution in [0.25, 0.3) is 0 Å². The minimum Gasteiger partial charge on any atom is -0.0843 e. The van der Waals surface area contributed by atoms with Crippen LogP contribution >= 0.6 is 23.2 Å². The Morgan fingerprint density at radius 2 is 1.78 bits per heavy atom. The van der Waals surface area contributed by atoms with Gasteiger partial charge in [-0.1, -0.05) is 66.9 Å². The van der Waals surface area contributed by atoms with Gasteiger partial charge < -0.3 is 0 Å². The summed E-state index contributed by atoms with van der Waals surface area (Å²) in [6, 6.07) is 15.9. The molecule has 1 radical (unpaired) electrons. The smallest absolute Gasteiger partial charge is 0.0447 e. The Morgan fingerprint density at radius 3 is 2.44 bits per heavy atom. The van der Waals surface area contributed by atoms with E-state index in [0.717, 1.165) is 34.0 Å². The second-order valence-electron chi connectivity index (χ2n) is 4.22. The molecule has 0 spiro atoms. The average Bonchev–Trinajstić information content (AvgIpc) is 2.37. The fourth-order valence-electron chi connectivity index (χ4n) is 2.07. The summed E-state index contributed by atoms with van der Waals surface area (Å²) in [5.41, 5.74) is 2.25. The third-order valence-electron chi connectivity index (χ3n) is 2.87. The van der Waals surface area contributed by atoms with Gasteiger partial charge in [0, 0.05) is 16.0 Å². The van der Waals surface area contributed by atoms with Crippen LogP contribution in [-0.2, 0) is 0 Å². The molecule has 93 valence electrons. The lowest BCUT2D eigenvalue weighted by atomic mass is 9.88. The molecule has 0 unspecified atom stereocenters. The normalized spacial score (nSPS) is 10.9. The van der Waals surface area contributed by atoms with Gasteiger partial charge in [-0.25, -0.2) is 0 Å². The SMILES string of the molecule is CCC[C](c1cccc(Cl)c1)c1ccccc1Cl. The second kappa shape index (κ2) is 6.26. The van der Waals surface area contributed by atoms with E-state index in [4.69, 9.17) is 23.2 Å². The Morgan fingerprint density at radius 1 is 1.00 bits per heavy atom. The molecule has 2 rings (SSSR count). The summed E-state index contributed by atoms with van der Waals surface area (Å²) in [5, 5.41) is 1.55. The predicted molar refractivity (Wildman–Crippen MR) is 79.3 cm³/mol. The highest BCUT2D eigenvalue weighted by atomic mass is 35.5. The molecule has 2 heteroatoms. The van der Waals surface area contributed by atoms with E-state index < -0.39 is 0 Å². The second-order valence-corrected chi connectivity index (χ2v) is 5.06. The van der Waals surface area contributed by atoms with Crippen LogP contribution in [0.4, 0.5) is 0 Å². The standard InChI is InChI=1S/C16H15Cl2/c1-2-6-14(12-7-5-8-13(17)11-12)15-9-3-4-10-16(15)18/h3-5,7-11H,2,6H2,1H3. The molecule has 0 aliphatic carbocycles. The molecule has 0 fully saturated rings. The zero-order chi connectivity index (χ0) is 13.0. The number of rotatable bonds is 4. The average molecular weight is 278 g/mol. The van der Waals surface area contributed by atoms with E-state index in [1.54, 1.807) is 0 Å². The van der Waals surface area contributed by atoms with Gasteiger partial charge in [0.25, 0.3) is 0 Å². The summed E-state index contributed by atoms with van der Waals surface area (Å²) < 4.78 is 0. The van der Waals surface area contributed by atoms with Crippen molar-refractivity contribution in [3.63, 3.8) is 0 Å². The first-order valence-corrected chi connectivity index (χ1v) is 6.84.